The first kappa shape index (κ1) is 23.0. The van der Waals surface area contributed by atoms with Gasteiger partial charge in [-0.2, -0.15) is 4.37 Å². The fourth-order valence-electron chi connectivity index (χ4n) is 4.88. The molecule has 6 nitrogen and oxygen atoms in total. The molecule has 2 aliphatic rings. The molecule has 1 aromatic heterocycles. The minimum atomic E-state index is 0.136. The van der Waals surface area contributed by atoms with Gasteiger partial charge in [0.1, 0.15) is 5.82 Å². The first-order valence-electron chi connectivity index (χ1n) is 12.3. The number of carbonyl (C=O) groups excluding carboxylic acids is 1. The molecule has 0 bridgehead atoms. The lowest BCUT2D eigenvalue weighted by molar-refractivity contribution is -0.138. The standard InChI is InChI=1S/C27H33N5OS/c1-21-7-9-22(10-8-21)19-25-28-27(34-29-25)32-13-11-24(12-14-32)26(33)31-17-15-30(16-18-31)20-23-5-3-2-4-6-23/h2-10,24H,11-20H2,1H3. The zero-order valence-electron chi connectivity index (χ0n) is 19.9. The molecule has 3 aromatic rings. The molecule has 0 N–H and O–H groups in total. The monoisotopic (exact) mass is 475 g/mol. The molecule has 0 aliphatic carbocycles. The third-order valence-corrected chi connectivity index (χ3v) is 7.80. The highest BCUT2D eigenvalue weighted by molar-refractivity contribution is 7.09. The van der Waals surface area contributed by atoms with E-state index >= 15 is 0 Å². The summed E-state index contributed by atoms with van der Waals surface area (Å²) in [5.41, 5.74) is 3.85. The summed E-state index contributed by atoms with van der Waals surface area (Å²) in [7, 11) is 0. The van der Waals surface area contributed by atoms with Crippen LogP contribution < -0.4 is 4.90 Å². The van der Waals surface area contributed by atoms with Gasteiger partial charge in [-0.05, 0) is 30.9 Å². The van der Waals surface area contributed by atoms with Crippen molar-refractivity contribution in [3.63, 3.8) is 0 Å². The molecule has 0 spiro atoms. The molecule has 3 heterocycles. The van der Waals surface area contributed by atoms with Crippen molar-refractivity contribution < 1.29 is 4.79 Å². The van der Waals surface area contributed by atoms with E-state index in [-0.39, 0.29) is 5.92 Å². The van der Waals surface area contributed by atoms with Gasteiger partial charge >= 0.3 is 0 Å². The molecule has 2 fully saturated rings. The van der Waals surface area contributed by atoms with Crippen LogP contribution in [0.15, 0.2) is 54.6 Å². The van der Waals surface area contributed by atoms with Gasteiger partial charge in [0.2, 0.25) is 11.0 Å². The minimum absolute atomic E-state index is 0.136. The Kier molecular flexibility index (Phi) is 7.21. The van der Waals surface area contributed by atoms with E-state index in [1.165, 1.54) is 28.2 Å². The van der Waals surface area contributed by atoms with Crippen molar-refractivity contribution in [2.75, 3.05) is 44.2 Å². The van der Waals surface area contributed by atoms with Crippen LogP contribution in [0.3, 0.4) is 0 Å². The third-order valence-electron chi connectivity index (χ3n) is 6.99. The lowest BCUT2D eigenvalue weighted by Crippen LogP contribution is -2.51. The van der Waals surface area contributed by atoms with E-state index in [1.807, 2.05) is 0 Å². The van der Waals surface area contributed by atoms with E-state index in [4.69, 9.17) is 4.98 Å². The molecule has 0 unspecified atom stereocenters. The van der Waals surface area contributed by atoms with Crippen LogP contribution in [0.1, 0.15) is 35.4 Å². The Hall–Kier alpha value is -2.77. The van der Waals surface area contributed by atoms with Crippen LogP contribution in [0.25, 0.3) is 0 Å². The first-order valence-corrected chi connectivity index (χ1v) is 13.1. The molecule has 0 atom stereocenters. The van der Waals surface area contributed by atoms with Crippen LogP contribution in [0.5, 0.6) is 0 Å². The summed E-state index contributed by atoms with van der Waals surface area (Å²) in [5.74, 6) is 1.36. The molecule has 178 valence electrons. The SMILES string of the molecule is Cc1ccc(Cc2nsc(N3CCC(C(=O)N4CCN(Cc5ccccc5)CC4)CC3)n2)cc1. The van der Waals surface area contributed by atoms with Gasteiger partial charge in [0, 0.05) is 69.7 Å². The van der Waals surface area contributed by atoms with Gasteiger partial charge in [-0.15, -0.1) is 0 Å². The van der Waals surface area contributed by atoms with Crippen LogP contribution in [-0.2, 0) is 17.8 Å². The molecular weight excluding hydrogens is 442 g/mol. The predicted molar refractivity (Wildman–Crippen MR) is 137 cm³/mol. The molecule has 7 heteroatoms. The maximum atomic E-state index is 13.2. The number of carbonyl (C=O) groups is 1. The maximum Gasteiger partial charge on any atom is 0.225 e. The Balaban J connectivity index is 1.08. The smallest absolute Gasteiger partial charge is 0.225 e. The number of anilines is 1. The highest BCUT2D eigenvalue weighted by Gasteiger charge is 2.31. The zero-order valence-corrected chi connectivity index (χ0v) is 20.7. The van der Waals surface area contributed by atoms with Gasteiger partial charge in [-0.25, -0.2) is 4.98 Å². The van der Waals surface area contributed by atoms with Crippen LogP contribution in [0, 0.1) is 12.8 Å². The van der Waals surface area contributed by atoms with Gasteiger partial charge in [-0.1, -0.05) is 60.2 Å². The van der Waals surface area contributed by atoms with Gasteiger partial charge < -0.3 is 9.80 Å². The second kappa shape index (κ2) is 10.7. The Labute approximate surface area is 206 Å². The lowest BCUT2D eigenvalue weighted by atomic mass is 9.95. The van der Waals surface area contributed by atoms with Crippen molar-refractivity contribution in [2.24, 2.45) is 5.92 Å². The third kappa shape index (κ3) is 5.65. The van der Waals surface area contributed by atoms with E-state index in [2.05, 4.69) is 80.6 Å². The number of aromatic nitrogens is 2. The number of nitrogens with zero attached hydrogens (tertiary/aromatic N) is 5. The van der Waals surface area contributed by atoms with Crippen LogP contribution in [0.4, 0.5) is 5.13 Å². The van der Waals surface area contributed by atoms with Gasteiger partial charge in [0.05, 0.1) is 0 Å². The molecule has 2 saturated heterocycles. The van der Waals surface area contributed by atoms with Crippen molar-refractivity contribution in [3.05, 3.63) is 77.1 Å². The molecule has 5 rings (SSSR count). The number of piperidine rings is 1. The van der Waals surface area contributed by atoms with E-state index in [9.17, 15) is 4.79 Å². The topological polar surface area (TPSA) is 52.6 Å². The fourth-order valence-corrected chi connectivity index (χ4v) is 5.61. The number of rotatable bonds is 6. The second-order valence-electron chi connectivity index (χ2n) is 9.50. The maximum absolute atomic E-state index is 13.2. The Morgan fingerprint density at radius 1 is 0.912 bits per heavy atom. The quantitative estimate of drug-likeness (QED) is 0.539. The highest BCUT2D eigenvalue weighted by Crippen LogP contribution is 2.27. The summed E-state index contributed by atoms with van der Waals surface area (Å²) in [5, 5.41) is 0.988. The second-order valence-corrected chi connectivity index (χ2v) is 10.2. The summed E-state index contributed by atoms with van der Waals surface area (Å²) in [6, 6.07) is 19.1. The number of hydrogen-bond acceptors (Lipinski definition) is 6. The summed E-state index contributed by atoms with van der Waals surface area (Å²) < 4.78 is 4.58. The average molecular weight is 476 g/mol. The van der Waals surface area contributed by atoms with Crippen LogP contribution >= 0.6 is 11.5 Å². The summed E-state index contributed by atoms with van der Waals surface area (Å²) in [4.78, 5) is 24.8. The highest BCUT2D eigenvalue weighted by atomic mass is 32.1. The Morgan fingerprint density at radius 3 is 2.32 bits per heavy atom. The van der Waals surface area contributed by atoms with Gasteiger partial charge in [0.15, 0.2) is 0 Å². The summed E-state index contributed by atoms with van der Waals surface area (Å²) in [6.45, 7) is 8.41. The lowest BCUT2D eigenvalue weighted by Gasteiger charge is -2.38. The van der Waals surface area contributed by atoms with E-state index in [0.717, 1.165) is 76.0 Å². The number of aryl methyl sites for hydroxylation is 1. The average Bonchev–Trinajstić information content (AvgIpc) is 3.35. The minimum Gasteiger partial charge on any atom is -0.347 e. The molecule has 2 aromatic carbocycles. The fraction of sp³-hybridized carbons (Fsp3) is 0.444. The predicted octanol–water partition coefficient (Wildman–Crippen LogP) is 4.00. The Morgan fingerprint density at radius 2 is 1.62 bits per heavy atom. The van der Waals surface area contributed by atoms with Crippen molar-refractivity contribution in [1.82, 2.24) is 19.2 Å². The van der Waals surface area contributed by atoms with E-state index in [1.54, 1.807) is 0 Å². The van der Waals surface area contributed by atoms with E-state index < -0.39 is 0 Å². The van der Waals surface area contributed by atoms with Gasteiger partial charge in [-0.3, -0.25) is 9.69 Å². The zero-order chi connectivity index (χ0) is 23.3. The summed E-state index contributed by atoms with van der Waals surface area (Å²) in [6.07, 6.45) is 2.56. The van der Waals surface area contributed by atoms with Crippen molar-refractivity contribution in [1.29, 1.82) is 0 Å². The number of amides is 1. The number of hydrogen-bond donors (Lipinski definition) is 0. The molecule has 2 aliphatic heterocycles. The van der Waals surface area contributed by atoms with E-state index in [0.29, 0.717) is 5.91 Å². The molecule has 0 saturated carbocycles. The Bertz CT molecular complexity index is 1070. The number of benzene rings is 2. The molecule has 0 radical (unpaired) electrons. The summed E-state index contributed by atoms with van der Waals surface area (Å²) >= 11 is 1.48. The number of piperazine rings is 1. The largest absolute Gasteiger partial charge is 0.347 e. The van der Waals surface area contributed by atoms with Crippen molar-refractivity contribution in [2.45, 2.75) is 32.7 Å². The van der Waals surface area contributed by atoms with Crippen LogP contribution in [-0.4, -0.2) is 64.3 Å². The molecule has 1 amide bonds. The van der Waals surface area contributed by atoms with Gasteiger partial charge in [0.25, 0.3) is 0 Å². The van der Waals surface area contributed by atoms with Crippen LogP contribution in [0.2, 0.25) is 0 Å². The molecular formula is C27H33N5OS. The van der Waals surface area contributed by atoms with Crippen molar-refractivity contribution >= 4 is 22.6 Å². The molecule has 34 heavy (non-hydrogen) atoms. The first-order chi connectivity index (χ1) is 16.6. The van der Waals surface area contributed by atoms with Crippen molar-refractivity contribution in [3.8, 4) is 0 Å². The normalized spacial score (nSPS) is 17.8.